The van der Waals surface area contributed by atoms with Gasteiger partial charge in [-0.05, 0) is 162 Å². The number of hydrogen-bond donors (Lipinski definition) is 0. The predicted octanol–water partition coefficient (Wildman–Crippen LogP) is 14.9. The van der Waals surface area contributed by atoms with Crippen molar-refractivity contribution >= 4 is 65.5 Å². The number of allylic oxidation sites excluding steroid dienone is 5. The zero-order valence-electron chi connectivity index (χ0n) is 49.5. The number of carbonyl (C=O) groups excluding carboxylic acids is 5. The molecule has 4 rings (SSSR count). The Kier molecular flexibility index (Phi) is 43.0. The van der Waals surface area contributed by atoms with E-state index < -0.39 is 17.9 Å². The van der Waals surface area contributed by atoms with E-state index in [9.17, 15) is 24.0 Å². The molecule has 456 valence electrons. The summed E-state index contributed by atoms with van der Waals surface area (Å²) in [5, 5.41) is 0.331. The fourth-order valence-corrected chi connectivity index (χ4v) is 6.42. The van der Waals surface area contributed by atoms with E-state index in [0.717, 1.165) is 90.7 Å². The lowest BCUT2D eigenvalue weighted by Crippen LogP contribution is -2.04. The molecule has 0 amide bonds. The Balaban J connectivity index is 0.000000752. The largest absolute Gasteiger partial charge is 0.505 e. The molecule has 0 aliphatic heterocycles. The molecule has 0 heterocycles. The van der Waals surface area contributed by atoms with Gasteiger partial charge in [-0.1, -0.05) is 93.1 Å². The highest BCUT2D eigenvalue weighted by Gasteiger charge is 2.07. The first-order valence-corrected chi connectivity index (χ1v) is 27.9. The molecule has 85 heavy (non-hydrogen) atoms. The summed E-state index contributed by atoms with van der Waals surface area (Å²) in [6, 6.07) is 27.4. The van der Waals surface area contributed by atoms with Gasteiger partial charge in [0, 0.05) is 42.7 Å². The Morgan fingerprint density at radius 1 is 0.471 bits per heavy atom. The van der Waals surface area contributed by atoms with Crippen LogP contribution in [-0.2, 0) is 52.4 Å². The number of halogens is 1. The number of methoxy groups -OCH3 is 1. The average molecular weight is 1190 g/mol. The van der Waals surface area contributed by atoms with Gasteiger partial charge in [0.05, 0.1) is 82.7 Å². The van der Waals surface area contributed by atoms with Crippen LogP contribution in [0.4, 0.5) is 5.69 Å². The minimum absolute atomic E-state index is 0.293. The molecular formula is C68H82ClNO15. The lowest BCUT2D eigenvalue weighted by atomic mass is 10.2. The molecule has 17 heteroatoms. The third kappa shape index (κ3) is 39.8. The van der Waals surface area contributed by atoms with Crippen LogP contribution in [0.1, 0.15) is 88.8 Å². The Hall–Kier alpha value is -9.15. The van der Waals surface area contributed by atoms with Crippen molar-refractivity contribution in [1.29, 1.82) is 0 Å². The van der Waals surface area contributed by atoms with E-state index in [4.69, 9.17) is 54.2 Å². The van der Waals surface area contributed by atoms with Crippen molar-refractivity contribution < 1.29 is 71.3 Å². The highest BCUT2D eigenvalue weighted by atomic mass is 35.5. The van der Waals surface area contributed by atoms with Gasteiger partial charge in [0.2, 0.25) is 0 Å². The van der Waals surface area contributed by atoms with Crippen LogP contribution in [0.5, 0.6) is 23.0 Å². The maximum atomic E-state index is 12.3. The molecule has 0 spiro atoms. The van der Waals surface area contributed by atoms with Gasteiger partial charge in [0.15, 0.2) is 0 Å². The monoisotopic (exact) mass is 1190 g/mol. The third-order valence-electron chi connectivity index (χ3n) is 10.5. The molecule has 0 aliphatic carbocycles. The fourth-order valence-electron chi connectivity index (χ4n) is 6.20. The van der Waals surface area contributed by atoms with Gasteiger partial charge in [0.1, 0.15) is 23.0 Å². The quantitative estimate of drug-likeness (QED) is 0.00610. The molecule has 4 aromatic carbocycles. The number of ether oxygens (including phenoxy) is 10. The lowest BCUT2D eigenvalue weighted by Gasteiger charge is -2.07. The van der Waals surface area contributed by atoms with Crippen LogP contribution in [0, 0.1) is 0 Å². The second-order valence-corrected chi connectivity index (χ2v) is 17.7. The van der Waals surface area contributed by atoms with E-state index in [2.05, 4.69) is 42.6 Å². The first-order chi connectivity index (χ1) is 41.2. The Labute approximate surface area is 507 Å². The molecule has 0 radical (unpaired) electrons. The number of carbonyl (C=O) groups is 5. The van der Waals surface area contributed by atoms with Crippen molar-refractivity contribution in [3.05, 3.63) is 212 Å². The molecule has 0 atom stereocenters. The molecule has 0 aromatic heterocycles. The molecule has 0 saturated heterocycles. The van der Waals surface area contributed by atoms with Crippen LogP contribution in [0.15, 0.2) is 196 Å². The van der Waals surface area contributed by atoms with Gasteiger partial charge in [-0.25, -0.2) is 24.0 Å². The third-order valence-corrected chi connectivity index (χ3v) is 10.8. The highest BCUT2D eigenvalue weighted by molar-refractivity contribution is 6.33. The molecule has 0 fully saturated rings. The topological polar surface area (TPSA) is 190 Å². The van der Waals surface area contributed by atoms with Crippen molar-refractivity contribution in [2.24, 2.45) is 4.99 Å². The van der Waals surface area contributed by atoms with Crippen molar-refractivity contribution in [2.75, 3.05) is 60.0 Å². The number of hydrogen-bond acceptors (Lipinski definition) is 16. The van der Waals surface area contributed by atoms with Gasteiger partial charge < -0.3 is 47.4 Å². The second kappa shape index (κ2) is 49.5. The standard InChI is InChI=1S/C36H36ClNO8.C16H20O3.C12H18O3.C4H8O/c1-3-34(39)44-23-7-5-21-42-29-14-9-27(10-15-29)13-20-36(41)46-31-18-19-33(32(37)25-31)38-26-28-11-16-30(17-12-28)43-22-6-8-24-45-35(40)4-2;1-3-7-14-8-10-15(11-9-14)18-12-5-6-13-19-16(17)4-2;1-4-8-11(3)14-9-6-7-10-15-12(13)5-2;1-3-4-5-2/h3-4,9-20,25-26H,1-2,5-8,21-24H2;3-4,7-11H,2,5-6,12-13H2,1H3;4-5,8H,1-2,6-7,9-10H2,3H3;3-4H,1-2H3/b20-13+,38-26?;7-3+;11-8+;4-3+. The number of rotatable bonds is 36. The lowest BCUT2D eigenvalue weighted by molar-refractivity contribution is -0.138. The van der Waals surface area contributed by atoms with Gasteiger partial charge >= 0.3 is 29.8 Å². The molecule has 4 aromatic rings. The van der Waals surface area contributed by atoms with E-state index in [-0.39, 0.29) is 11.9 Å². The fraction of sp³-hybridized carbons (Fsp3) is 0.294. The number of unbranched alkanes of at least 4 members (excludes halogenated alkanes) is 4. The molecule has 0 bridgehead atoms. The van der Waals surface area contributed by atoms with Gasteiger partial charge in [0.25, 0.3) is 0 Å². The Bertz CT molecular complexity index is 2760. The van der Waals surface area contributed by atoms with Crippen molar-refractivity contribution in [1.82, 2.24) is 0 Å². The van der Waals surface area contributed by atoms with Crippen molar-refractivity contribution in [2.45, 2.75) is 72.1 Å². The molecule has 0 saturated carbocycles. The van der Waals surface area contributed by atoms with Crippen LogP contribution in [0.25, 0.3) is 12.2 Å². The van der Waals surface area contributed by atoms with E-state index in [1.165, 1.54) is 18.2 Å². The zero-order chi connectivity index (χ0) is 62.6. The van der Waals surface area contributed by atoms with Crippen LogP contribution in [0.2, 0.25) is 5.02 Å². The summed E-state index contributed by atoms with van der Waals surface area (Å²) in [5.41, 5.74) is 3.33. The number of benzene rings is 4. The smallest absolute Gasteiger partial charge is 0.336 e. The van der Waals surface area contributed by atoms with Crippen LogP contribution in [-0.4, -0.2) is 96.0 Å². The summed E-state index contributed by atoms with van der Waals surface area (Å²) in [6.07, 6.45) is 26.4. The van der Waals surface area contributed by atoms with Crippen molar-refractivity contribution in [3.8, 4) is 23.0 Å². The second-order valence-electron chi connectivity index (χ2n) is 17.3. The molecule has 0 N–H and O–H groups in total. The van der Waals surface area contributed by atoms with E-state index >= 15 is 0 Å². The zero-order valence-corrected chi connectivity index (χ0v) is 50.2. The molecule has 16 nitrogen and oxygen atoms in total. The number of nitrogens with zero attached hydrogens (tertiary/aromatic N) is 1. The summed E-state index contributed by atoms with van der Waals surface area (Å²) in [5.74, 6) is 1.25. The summed E-state index contributed by atoms with van der Waals surface area (Å²) in [4.78, 5) is 60.2. The van der Waals surface area contributed by atoms with Gasteiger partial charge in [-0.2, -0.15) is 0 Å². The first-order valence-electron chi connectivity index (χ1n) is 27.5. The first kappa shape index (κ1) is 73.9. The normalized spacial score (nSPS) is 10.6. The summed E-state index contributed by atoms with van der Waals surface area (Å²) >= 11 is 6.38. The average Bonchev–Trinajstić information content (AvgIpc) is 3.57. The molecular weight excluding hydrogens is 1110 g/mol. The van der Waals surface area contributed by atoms with Crippen molar-refractivity contribution in [3.63, 3.8) is 0 Å². The molecule has 0 unspecified atom stereocenters. The minimum Gasteiger partial charge on any atom is -0.505 e. The number of aliphatic imine (C=N–C) groups is 1. The van der Waals surface area contributed by atoms with Gasteiger partial charge in [-0.15, -0.1) is 0 Å². The van der Waals surface area contributed by atoms with E-state index in [1.54, 1.807) is 62.1 Å². The van der Waals surface area contributed by atoms with Crippen LogP contribution in [0.3, 0.4) is 0 Å². The van der Waals surface area contributed by atoms with Gasteiger partial charge in [-0.3, -0.25) is 4.99 Å². The SMILES string of the molecule is C/C=C/OC.C=C/C=C(\C)OCCCCOC(=O)C=C.C=CC(=O)OCCCCOc1ccc(/C=C/C)cc1.C=CC(=O)OCCCCOc1ccc(C=Nc2ccc(OC(=O)/C=C/c3ccc(OCCCCOC(=O)C=C)cc3)cc2Cl)cc1. The van der Waals surface area contributed by atoms with E-state index in [1.807, 2.05) is 99.7 Å². The van der Waals surface area contributed by atoms with Crippen LogP contribution < -0.4 is 18.9 Å². The summed E-state index contributed by atoms with van der Waals surface area (Å²) in [7, 11) is 1.62. The van der Waals surface area contributed by atoms with Crippen LogP contribution >= 0.6 is 11.6 Å². The maximum Gasteiger partial charge on any atom is 0.336 e. The Morgan fingerprint density at radius 2 is 0.847 bits per heavy atom. The minimum atomic E-state index is -0.553. The van der Waals surface area contributed by atoms with E-state index in [0.29, 0.717) is 87.9 Å². The summed E-state index contributed by atoms with van der Waals surface area (Å²) in [6.45, 7) is 26.4. The molecule has 0 aliphatic rings. The summed E-state index contributed by atoms with van der Waals surface area (Å²) < 4.78 is 51.7. The predicted molar refractivity (Wildman–Crippen MR) is 337 cm³/mol. The Morgan fingerprint density at radius 3 is 1.20 bits per heavy atom. The maximum absolute atomic E-state index is 12.3. The number of esters is 5. The highest BCUT2D eigenvalue weighted by Crippen LogP contribution is 2.29.